The van der Waals surface area contributed by atoms with Gasteiger partial charge in [-0.25, -0.2) is 0 Å². The smallest absolute Gasteiger partial charge is 0.0702 e. The molecule has 3 rings (SSSR count). The van der Waals surface area contributed by atoms with E-state index in [1.54, 1.807) is 0 Å². The van der Waals surface area contributed by atoms with Crippen LogP contribution in [0.15, 0.2) is 36.5 Å². The summed E-state index contributed by atoms with van der Waals surface area (Å²) in [5, 5.41) is 4.85. The van der Waals surface area contributed by atoms with Gasteiger partial charge < -0.3 is 5.32 Å². The molecule has 1 aromatic heterocycles. The van der Waals surface area contributed by atoms with Gasteiger partial charge in [0.25, 0.3) is 0 Å². The van der Waals surface area contributed by atoms with Crippen molar-refractivity contribution in [3.63, 3.8) is 0 Å². The molecule has 1 aromatic carbocycles. The Morgan fingerprint density at radius 2 is 2.25 bits per heavy atom. The number of hydrogen-bond donors (Lipinski definition) is 1. The molecule has 20 heavy (non-hydrogen) atoms. The molecule has 1 N–H and O–H groups in total. The van der Waals surface area contributed by atoms with Crippen molar-refractivity contribution in [1.29, 1.82) is 0 Å². The SMILES string of the molecule is CC(C)C1CN(Cc2ccc3ncccc3c2)CCN1. The van der Waals surface area contributed by atoms with Crippen LogP contribution in [0.5, 0.6) is 0 Å². The first-order chi connectivity index (χ1) is 9.72. The largest absolute Gasteiger partial charge is 0.311 e. The van der Waals surface area contributed by atoms with E-state index in [-0.39, 0.29) is 0 Å². The number of benzene rings is 1. The molecule has 2 aromatic rings. The highest BCUT2D eigenvalue weighted by Gasteiger charge is 2.21. The van der Waals surface area contributed by atoms with E-state index in [9.17, 15) is 0 Å². The third-order valence-electron chi connectivity index (χ3n) is 4.17. The van der Waals surface area contributed by atoms with Gasteiger partial charge >= 0.3 is 0 Å². The molecular formula is C17H23N3. The fourth-order valence-electron chi connectivity index (χ4n) is 2.91. The zero-order chi connectivity index (χ0) is 13.9. The van der Waals surface area contributed by atoms with Gasteiger partial charge in [0.15, 0.2) is 0 Å². The van der Waals surface area contributed by atoms with Crippen LogP contribution in [0.1, 0.15) is 19.4 Å². The molecule has 1 atom stereocenters. The number of hydrogen-bond acceptors (Lipinski definition) is 3. The molecule has 1 saturated heterocycles. The van der Waals surface area contributed by atoms with Crippen LogP contribution >= 0.6 is 0 Å². The van der Waals surface area contributed by atoms with E-state index in [0.717, 1.165) is 31.7 Å². The minimum absolute atomic E-state index is 0.617. The number of nitrogens with zero attached hydrogens (tertiary/aromatic N) is 2. The van der Waals surface area contributed by atoms with Gasteiger partial charge in [-0.2, -0.15) is 0 Å². The maximum Gasteiger partial charge on any atom is 0.0702 e. The van der Waals surface area contributed by atoms with Crippen LogP contribution in [0, 0.1) is 5.92 Å². The Morgan fingerprint density at radius 1 is 1.35 bits per heavy atom. The molecule has 3 heteroatoms. The fraction of sp³-hybridized carbons (Fsp3) is 0.471. The van der Waals surface area contributed by atoms with Crippen molar-refractivity contribution >= 4 is 10.9 Å². The molecule has 0 aliphatic carbocycles. The zero-order valence-corrected chi connectivity index (χ0v) is 12.3. The van der Waals surface area contributed by atoms with Gasteiger partial charge in [-0.05, 0) is 29.7 Å². The molecular weight excluding hydrogens is 246 g/mol. The average Bonchev–Trinajstić information content (AvgIpc) is 2.47. The number of pyridine rings is 1. The fourth-order valence-corrected chi connectivity index (χ4v) is 2.91. The summed E-state index contributed by atoms with van der Waals surface area (Å²) in [5.74, 6) is 0.693. The van der Waals surface area contributed by atoms with Gasteiger partial charge in [0.2, 0.25) is 0 Å². The van der Waals surface area contributed by atoms with Crippen molar-refractivity contribution in [3.8, 4) is 0 Å². The van der Waals surface area contributed by atoms with Gasteiger partial charge in [-0.3, -0.25) is 9.88 Å². The molecule has 0 amide bonds. The minimum Gasteiger partial charge on any atom is -0.311 e. The molecule has 1 fully saturated rings. The Kier molecular flexibility index (Phi) is 3.99. The lowest BCUT2D eigenvalue weighted by atomic mass is 10.0. The Labute approximate surface area is 121 Å². The molecule has 3 nitrogen and oxygen atoms in total. The Bertz CT molecular complexity index is 579. The topological polar surface area (TPSA) is 28.2 Å². The number of aromatic nitrogens is 1. The molecule has 2 heterocycles. The van der Waals surface area contributed by atoms with E-state index in [4.69, 9.17) is 0 Å². The van der Waals surface area contributed by atoms with Gasteiger partial charge in [-0.15, -0.1) is 0 Å². The second-order valence-corrected chi connectivity index (χ2v) is 6.07. The van der Waals surface area contributed by atoms with Gasteiger partial charge in [0, 0.05) is 43.8 Å². The Balaban J connectivity index is 1.72. The van der Waals surface area contributed by atoms with Gasteiger partial charge in [0.1, 0.15) is 0 Å². The van der Waals surface area contributed by atoms with E-state index >= 15 is 0 Å². The zero-order valence-electron chi connectivity index (χ0n) is 12.3. The highest BCUT2D eigenvalue weighted by atomic mass is 15.2. The highest BCUT2D eigenvalue weighted by molar-refractivity contribution is 5.78. The first kappa shape index (κ1) is 13.5. The maximum absolute atomic E-state index is 4.38. The van der Waals surface area contributed by atoms with Crippen LogP contribution < -0.4 is 5.32 Å². The van der Waals surface area contributed by atoms with Crippen molar-refractivity contribution in [1.82, 2.24) is 15.2 Å². The first-order valence-corrected chi connectivity index (χ1v) is 7.52. The van der Waals surface area contributed by atoms with E-state index in [2.05, 4.69) is 53.3 Å². The third-order valence-corrected chi connectivity index (χ3v) is 4.17. The summed E-state index contributed by atoms with van der Waals surface area (Å²) in [6, 6.07) is 11.4. The van der Waals surface area contributed by atoms with Crippen LogP contribution in [-0.2, 0) is 6.54 Å². The Hall–Kier alpha value is -1.45. The monoisotopic (exact) mass is 269 g/mol. The van der Waals surface area contributed by atoms with E-state index in [0.29, 0.717) is 12.0 Å². The summed E-state index contributed by atoms with van der Waals surface area (Å²) in [6.07, 6.45) is 1.85. The third kappa shape index (κ3) is 3.00. The summed E-state index contributed by atoms with van der Waals surface area (Å²) in [4.78, 5) is 6.94. The summed E-state index contributed by atoms with van der Waals surface area (Å²) < 4.78 is 0. The van der Waals surface area contributed by atoms with Crippen molar-refractivity contribution in [2.24, 2.45) is 5.92 Å². The lowest BCUT2D eigenvalue weighted by Crippen LogP contribution is -2.52. The number of fused-ring (bicyclic) bond motifs is 1. The van der Waals surface area contributed by atoms with Crippen LogP contribution in [0.4, 0.5) is 0 Å². The molecule has 1 aliphatic rings. The first-order valence-electron chi connectivity index (χ1n) is 7.52. The second-order valence-electron chi connectivity index (χ2n) is 6.07. The quantitative estimate of drug-likeness (QED) is 0.928. The van der Waals surface area contributed by atoms with Crippen molar-refractivity contribution < 1.29 is 0 Å². The molecule has 0 bridgehead atoms. The number of nitrogens with one attached hydrogen (secondary N) is 1. The van der Waals surface area contributed by atoms with Crippen LogP contribution in [-0.4, -0.2) is 35.6 Å². The number of rotatable bonds is 3. The van der Waals surface area contributed by atoms with Gasteiger partial charge in [0.05, 0.1) is 5.52 Å². The summed E-state index contributed by atoms with van der Waals surface area (Å²) in [5.41, 5.74) is 2.46. The average molecular weight is 269 g/mol. The van der Waals surface area contributed by atoms with Crippen molar-refractivity contribution in [2.45, 2.75) is 26.4 Å². The molecule has 0 radical (unpaired) electrons. The highest BCUT2D eigenvalue weighted by Crippen LogP contribution is 2.16. The summed E-state index contributed by atoms with van der Waals surface area (Å²) in [7, 11) is 0. The number of piperazine rings is 1. The molecule has 1 unspecified atom stereocenters. The molecule has 1 aliphatic heterocycles. The summed E-state index contributed by atoms with van der Waals surface area (Å²) >= 11 is 0. The Morgan fingerprint density at radius 3 is 3.10 bits per heavy atom. The van der Waals surface area contributed by atoms with Gasteiger partial charge in [-0.1, -0.05) is 26.0 Å². The van der Waals surface area contributed by atoms with E-state index < -0.39 is 0 Å². The second kappa shape index (κ2) is 5.90. The minimum atomic E-state index is 0.617. The van der Waals surface area contributed by atoms with Crippen molar-refractivity contribution in [3.05, 3.63) is 42.1 Å². The van der Waals surface area contributed by atoms with Crippen molar-refractivity contribution in [2.75, 3.05) is 19.6 Å². The van der Waals surface area contributed by atoms with E-state index in [1.807, 2.05) is 12.3 Å². The molecule has 0 spiro atoms. The normalized spacial score (nSPS) is 20.6. The lowest BCUT2D eigenvalue weighted by Gasteiger charge is -2.35. The predicted molar refractivity (Wildman–Crippen MR) is 83.6 cm³/mol. The predicted octanol–water partition coefficient (Wildman–Crippen LogP) is 2.66. The molecule has 106 valence electrons. The maximum atomic E-state index is 4.38. The molecule has 0 saturated carbocycles. The standard InChI is InChI=1S/C17H23N3/c1-13(2)17-12-20(9-8-19-17)11-14-5-6-16-15(10-14)4-3-7-18-16/h3-7,10,13,17,19H,8-9,11-12H2,1-2H3. The summed E-state index contributed by atoms with van der Waals surface area (Å²) in [6.45, 7) is 9.00. The van der Waals surface area contributed by atoms with Crippen LogP contribution in [0.2, 0.25) is 0 Å². The van der Waals surface area contributed by atoms with Crippen LogP contribution in [0.25, 0.3) is 10.9 Å². The lowest BCUT2D eigenvalue weighted by molar-refractivity contribution is 0.168. The van der Waals surface area contributed by atoms with E-state index in [1.165, 1.54) is 10.9 Å². The van der Waals surface area contributed by atoms with Crippen LogP contribution in [0.3, 0.4) is 0 Å².